The van der Waals surface area contributed by atoms with Crippen molar-refractivity contribution in [2.45, 2.75) is 53.4 Å². The fourth-order valence-electron chi connectivity index (χ4n) is 2.33. The number of amides is 1. The standard InChI is InChI=1S/C17H26ClNO2/c1-5-8-11-21-12-19(13(4)20)17-14(6-2)9-10-16(18)15(17)7-3/h9-10H,5-8,11-12H2,1-4H3. The fourth-order valence-corrected chi connectivity index (χ4v) is 2.62. The van der Waals surface area contributed by atoms with Crippen LogP contribution in [-0.2, 0) is 22.4 Å². The van der Waals surface area contributed by atoms with Gasteiger partial charge < -0.3 is 4.74 Å². The molecule has 118 valence electrons. The van der Waals surface area contributed by atoms with Crippen LogP contribution in [0.15, 0.2) is 12.1 Å². The summed E-state index contributed by atoms with van der Waals surface area (Å²) in [6.45, 7) is 8.79. The third-order valence-electron chi connectivity index (χ3n) is 3.56. The average Bonchev–Trinajstić information content (AvgIpc) is 2.47. The minimum absolute atomic E-state index is 0.0156. The second-order valence-corrected chi connectivity index (χ2v) is 5.49. The second-order valence-electron chi connectivity index (χ2n) is 5.08. The van der Waals surface area contributed by atoms with E-state index in [0.29, 0.717) is 11.6 Å². The van der Waals surface area contributed by atoms with E-state index >= 15 is 0 Å². The van der Waals surface area contributed by atoms with Crippen LogP contribution in [0.1, 0.15) is 51.7 Å². The fraction of sp³-hybridized carbons (Fsp3) is 0.588. The monoisotopic (exact) mass is 311 g/mol. The first-order valence-corrected chi connectivity index (χ1v) is 8.10. The van der Waals surface area contributed by atoms with E-state index < -0.39 is 0 Å². The van der Waals surface area contributed by atoms with Gasteiger partial charge in [-0.05, 0) is 36.5 Å². The number of aryl methyl sites for hydroxylation is 1. The van der Waals surface area contributed by atoms with Gasteiger partial charge in [-0.1, -0.05) is 44.9 Å². The molecule has 1 rings (SSSR count). The minimum atomic E-state index is -0.0156. The quantitative estimate of drug-likeness (QED) is 0.519. The van der Waals surface area contributed by atoms with Crippen LogP contribution in [0.2, 0.25) is 5.02 Å². The first-order valence-electron chi connectivity index (χ1n) is 7.72. The summed E-state index contributed by atoms with van der Waals surface area (Å²) >= 11 is 6.31. The van der Waals surface area contributed by atoms with Gasteiger partial charge in [-0.25, -0.2) is 0 Å². The van der Waals surface area contributed by atoms with Gasteiger partial charge in [0.25, 0.3) is 0 Å². The van der Waals surface area contributed by atoms with E-state index in [2.05, 4.69) is 20.8 Å². The van der Waals surface area contributed by atoms with Gasteiger partial charge in [0.05, 0.1) is 5.69 Å². The van der Waals surface area contributed by atoms with Gasteiger partial charge in [-0.3, -0.25) is 9.69 Å². The van der Waals surface area contributed by atoms with Crippen LogP contribution < -0.4 is 4.90 Å². The summed E-state index contributed by atoms with van der Waals surface area (Å²) in [4.78, 5) is 13.8. The van der Waals surface area contributed by atoms with Crippen molar-refractivity contribution >= 4 is 23.2 Å². The van der Waals surface area contributed by atoms with Crippen LogP contribution in [0.3, 0.4) is 0 Å². The van der Waals surface area contributed by atoms with Crippen molar-refractivity contribution < 1.29 is 9.53 Å². The van der Waals surface area contributed by atoms with Crippen LogP contribution >= 0.6 is 11.6 Å². The SMILES string of the molecule is CCCCOCN(C(C)=O)c1c(CC)ccc(Cl)c1CC. The number of carbonyl (C=O) groups excluding carboxylic acids is 1. The molecule has 0 spiro atoms. The summed E-state index contributed by atoms with van der Waals surface area (Å²) in [5.74, 6) is -0.0156. The predicted octanol–water partition coefficient (Wildman–Crippen LogP) is 4.59. The molecule has 0 saturated carbocycles. The molecule has 0 unspecified atom stereocenters. The Morgan fingerprint density at radius 1 is 1.24 bits per heavy atom. The van der Waals surface area contributed by atoms with Gasteiger partial charge in [0, 0.05) is 18.6 Å². The van der Waals surface area contributed by atoms with Crippen LogP contribution in [0.4, 0.5) is 5.69 Å². The van der Waals surface area contributed by atoms with E-state index in [1.54, 1.807) is 11.8 Å². The van der Waals surface area contributed by atoms with E-state index in [-0.39, 0.29) is 12.6 Å². The number of hydrogen-bond acceptors (Lipinski definition) is 2. The summed E-state index contributed by atoms with van der Waals surface area (Å²) in [6, 6.07) is 3.91. The molecule has 3 nitrogen and oxygen atoms in total. The van der Waals surface area contributed by atoms with E-state index in [9.17, 15) is 4.79 Å². The van der Waals surface area contributed by atoms with Crippen molar-refractivity contribution in [1.82, 2.24) is 0 Å². The zero-order valence-electron chi connectivity index (χ0n) is 13.5. The zero-order valence-corrected chi connectivity index (χ0v) is 14.3. The number of benzene rings is 1. The van der Waals surface area contributed by atoms with Crippen molar-refractivity contribution in [3.63, 3.8) is 0 Å². The maximum absolute atomic E-state index is 12.1. The molecule has 0 saturated heterocycles. The highest BCUT2D eigenvalue weighted by Gasteiger charge is 2.20. The van der Waals surface area contributed by atoms with Gasteiger partial charge in [-0.2, -0.15) is 0 Å². The highest BCUT2D eigenvalue weighted by molar-refractivity contribution is 6.32. The summed E-state index contributed by atoms with van der Waals surface area (Å²) < 4.78 is 5.65. The number of unbranched alkanes of at least 4 members (excludes halogenated alkanes) is 1. The lowest BCUT2D eigenvalue weighted by molar-refractivity contribution is -0.117. The third-order valence-corrected chi connectivity index (χ3v) is 3.91. The van der Waals surface area contributed by atoms with E-state index in [0.717, 1.165) is 42.5 Å². The number of carbonyl (C=O) groups is 1. The number of ether oxygens (including phenoxy) is 1. The molecule has 0 aliphatic heterocycles. The minimum Gasteiger partial charge on any atom is -0.361 e. The highest BCUT2D eigenvalue weighted by atomic mass is 35.5. The first-order chi connectivity index (χ1) is 10.1. The van der Waals surface area contributed by atoms with Crippen LogP contribution in [0.5, 0.6) is 0 Å². The summed E-state index contributed by atoms with van der Waals surface area (Å²) in [7, 11) is 0. The van der Waals surface area contributed by atoms with Gasteiger partial charge in [0.2, 0.25) is 5.91 Å². The topological polar surface area (TPSA) is 29.5 Å². The third kappa shape index (κ3) is 4.72. The number of anilines is 1. The molecule has 21 heavy (non-hydrogen) atoms. The van der Waals surface area contributed by atoms with Crippen molar-refractivity contribution in [3.05, 3.63) is 28.3 Å². The van der Waals surface area contributed by atoms with Gasteiger partial charge in [0.1, 0.15) is 6.73 Å². The Labute approximate surface area is 133 Å². The molecule has 1 aromatic rings. The number of nitrogens with zero attached hydrogens (tertiary/aromatic N) is 1. The van der Waals surface area contributed by atoms with Crippen molar-refractivity contribution in [2.75, 3.05) is 18.2 Å². The molecular weight excluding hydrogens is 286 g/mol. The van der Waals surface area contributed by atoms with Crippen LogP contribution in [0.25, 0.3) is 0 Å². The van der Waals surface area contributed by atoms with Crippen molar-refractivity contribution in [2.24, 2.45) is 0 Å². The maximum atomic E-state index is 12.1. The van der Waals surface area contributed by atoms with Crippen molar-refractivity contribution in [3.8, 4) is 0 Å². The number of hydrogen-bond donors (Lipinski definition) is 0. The Hall–Kier alpha value is -1.06. The Bertz CT molecular complexity index is 474. The molecule has 0 N–H and O–H groups in total. The summed E-state index contributed by atoms with van der Waals surface area (Å²) in [5.41, 5.74) is 3.08. The lowest BCUT2D eigenvalue weighted by atomic mass is 10.0. The largest absolute Gasteiger partial charge is 0.361 e. The Morgan fingerprint density at radius 2 is 1.95 bits per heavy atom. The molecule has 0 heterocycles. The smallest absolute Gasteiger partial charge is 0.225 e. The number of halogens is 1. The zero-order chi connectivity index (χ0) is 15.8. The molecular formula is C17H26ClNO2. The Balaban J connectivity index is 3.11. The molecule has 0 aliphatic carbocycles. The molecule has 0 radical (unpaired) electrons. The van der Waals surface area contributed by atoms with E-state index in [1.165, 1.54) is 0 Å². The van der Waals surface area contributed by atoms with E-state index in [4.69, 9.17) is 16.3 Å². The second kappa shape index (κ2) is 9.06. The Morgan fingerprint density at radius 3 is 2.48 bits per heavy atom. The van der Waals surface area contributed by atoms with E-state index in [1.807, 2.05) is 12.1 Å². The molecule has 4 heteroatoms. The van der Waals surface area contributed by atoms with Crippen LogP contribution in [-0.4, -0.2) is 19.2 Å². The van der Waals surface area contributed by atoms with Crippen molar-refractivity contribution in [1.29, 1.82) is 0 Å². The first kappa shape index (κ1) is 18.0. The molecule has 0 fully saturated rings. The summed E-state index contributed by atoms with van der Waals surface area (Å²) in [6.07, 6.45) is 3.74. The maximum Gasteiger partial charge on any atom is 0.225 e. The molecule has 0 bridgehead atoms. The molecule has 0 aromatic heterocycles. The molecule has 1 aromatic carbocycles. The van der Waals surface area contributed by atoms with Gasteiger partial charge in [0.15, 0.2) is 0 Å². The number of rotatable bonds is 8. The molecule has 1 amide bonds. The summed E-state index contributed by atoms with van der Waals surface area (Å²) in [5, 5.41) is 0.713. The lowest BCUT2D eigenvalue weighted by Gasteiger charge is -2.27. The van der Waals surface area contributed by atoms with Crippen LogP contribution in [0, 0.1) is 0 Å². The Kier molecular flexibility index (Phi) is 7.76. The lowest BCUT2D eigenvalue weighted by Crippen LogP contribution is -2.33. The van der Waals surface area contributed by atoms with Gasteiger partial charge >= 0.3 is 0 Å². The highest BCUT2D eigenvalue weighted by Crippen LogP contribution is 2.32. The average molecular weight is 312 g/mol. The molecule has 0 aliphatic rings. The molecule has 0 atom stereocenters. The predicted molar refractivity (Wildman–Crippen MR) is 89.1 cm³/mol. The normalized spacial score (nSPS) is 10.7. The van der Waals surface area contributed by atoms with Gasteiger partial charge in [-0.15, -0.1) is 0 Å².